The predicted molar refractivity (Wildman–Crippen MR) is 106 cm³/mol. The number of fused-ring (bicyclic) bond motifs is 1. The lowest BCUT2D eigenvalue weighted by atomic mass is 10.0. The predicted octanol–water partition coefficient (Wildman–Crippen LogP) is 0.462. The van der Waals surface area contributed by atoms with Crippen LogP contribution < -0.4 is 20.6 Å². The molecule has 1 aliphatic rings. The van der Waals surface area contributed by atoms with Crippen LogP contribution in [0.1, 0.15) is 25.0 Å². The average Bonchev–Trinajstić information content (AvgIpc) is 2.67. The van der Waals surface area contributed by atoms with E-state index in [1.54, 1.807) is 6.92 Å². The summed E-state index contributed by atoms with van der Waals surface area (Å²) >= 11 is 0. The van der Waals surface area contributed by atoms with E-state index in [1.807, 2.05) is 26.0 Å². The highest BCUT2D eigenvalue weighted by Crippen LogP contribution is 2.30. The van der Waals surface area contributed by atoms with Crippen LogP contribution in [0.15, 0.2) is 27.4 Å². The van der Waals surface area contributed by atoms with Gasteiger partial charge in [0.25, 0.3) is 5.91 Å². The highest BCUT2D eigenvalue weighted by molar-refractivity contribution is 5.88. The molecule has 1 saturated heterocycles. The molecule has 3 rings (SSSR count). The molecule has 2 N–H and O–H groups in total. The van der Waals surface area contributed by atoms with E-state index in [2.05, 4.69) is 5.32 Å². The van der Waals surface area contributed by atoms with Crippen LogP contribution >= 0.6 is 0 Å². The Kier molecular flexibility index (Phi) is 6.70. The zero-order valence-corrected chi connectivity index (χ0v) is 16.8. The molecule has 1 aliphatic heterocycles. The fraction of sp³-hybridized carbons (Fsp3) is 0.524. The minimum atomic E-state index is -0.652. The number of hydrogen-bond acceptors (Lipinski definition) is 5. The van der Waals surface area contributed by atoms with Gasteiger partial charge in [0, 0.05) is 6.07 Å². The average molecular weight is 389 g/mol. The van der Waals surface area contributed by atoms with Crippen LogP contribution in [0, 0.1) is 6.92 Å². The van der Waals surface area contributed by atoms with Gasteiger partial charge in [0.1, 0.15) is 24.4 Å². The second-order valence-electron chi connectivity index (χ2n) is 7.24. The molecule has 0 radical (unpaired) electrons. The third-order valence-electron chi connectivity index (χ3n) is 5.07. The van der Waals surface area contributed by atoms with Crippen molar-refractivity contribution in [3.8, 4) is 5.75 Å². The Bertz CT molecular complexity index is 886. The molecule has 1 aromatic carbocycles. The number of hydrogen-bond donors (Lipinski definition) is 2. The van der Waals surface area contributed by atoms with Crippen molar-refractivity contribution >= 4 is 16.9 Å². The first kappa shape index (κ1) is 20.4. The molecule has 2 aromatic rings. The molecule has 0 aliphatic carbocycles. The van der Waals surface area contributed by atoms with Crippen LogP contribution in [0.2, 0.25) is 0 Å². The van der Waals surface area contributed by atoms with Gasteiger partial charge in [-0.25, -0.2) is 4.79 Å². The number of aryl methyl sites for hydroxylation is 2. The second-order valence-corrected chi connectivity index (χ2v) is 7.24. The summed E-state index contributed by atoms with van der Waals surface area (Å²) in [6, 6.07) is 5.18. The van der Waals surface area contributed by atoms with Gasteiger partial charge in [-0.15, -0.1) is 0 Å². The van der Waals surface area contributed by atoms with Gasteiger partial charge < -0.3 is 24.1 Å². The zero-order valence-electron chi connectivity index (χ0n) is 16.8. The highest BCUT2D eigenvalue weighted by atomic mass is 16.5. The van der Waals surface area contributed by atoms with Crippen molar-refractivity contribution in [3.05, 3.63) is 39.7 Å². The van der Waals surface area contributed by atoms with Crippen LogP contribution in [0.3, 0.4) is 0 Å². The molecule has 1 amide bonds. The summed E-state index contributed by atoms with van der Waals surface area (Å²) in [5.41, 5.74) is 1.87. The van der Waals surface area contributed by atoms with Gasteiger partial charge in [-0.05, 0) is 43.5 Å². The Morgan fingerprint density at radius 2 is 2.04 bits per heavy atom. The van der Waals surface area contributed by atoms with Crippen molar-refractivity contribution in [2.45, 2.75) is 33.3 Å². The topological polar surface area (TPSA) is 82.2 Å². The summed E-state index contributed by atoms with van der Waals surface area (Å²) in [6.45, 7) is 10.6. The normalized spacial score (nSPS) is 16.1. The van der Waals surface area contributed by atoms with Crippen LogP contribution in [0.5, 0.6) is 5.75 Å². The Balaban J connectivity index is 1.68. The first-order valence-electron chi connectivity index (χ1n) is 9.91. The molecular formula is C21H29N2O5+. The van der Waals surface area contributed by atoms with Crippen molar-refractivity contribution in [1.82, 2.24) is 5.32 Å². The molecular weight excluding hydrogens is 360 g/mol. The minimum Gasteiger partial charge on any atom is -0.480 e. The Morgan fingerprint density at radius 3 is 2.75 bits per heavy atom. The lowest BCUT2D eigenvalue weighted by Gasteiger charge is -2.24. The van der Waals surface area contributed by atoms with Gasteiger partial charge in [-0.1, -0.05) is 6.92 Å². The lowest BCUT2D eigenvalue weighted by Crippen LogP contribution is -3.14. The number of rotatable bonds is 7. The van der Waals surface area contributed by atoms with Crippen molar-refractivity contribution in [3.63, 3.8) is 0 Å². The molecule has 0 spiro atoms. The number of morpholine rings is 1. The van der Waals surface area contributed by atoms with Crippen LogP contribution in [0.25, 0.3) is 11.0 Å². The van der Waals surface area contributed by atoms with Crippen molar-refractivity contribution in [2.75, 3.05) is 39.4 Å². The smallest absolute Gasteiger partial charge is 0.336 e. The molecule has 1 aromatic heterocycles. The number of quaternary nitrogens is 1. The Morgan fingerprint density at radius 1 is 1.29 bits per heavy atom. The summed E-state index contributed by atoms with van der Waals surface area (Å²) in [6.07, 6.45) is 0.0195. The van der Waals surface area contributed by atoms with Gasteiger partial charge in [-0.2, -0.15) is 0 Å². The van der Waals surface area contributed by atoms with Crippen LogP contribution in [-0.4, -0.2) is 51.4 Å². The van der Waals surface area contributed by atoms with E-state index in [9.17, 15) is 9.59 Å². The van der Waals surface area contributed by atoms with Gasteiger partial charge in [0.05, 0.1) is 31.7 Å². The molecule has 0 saturated carbocycles. The standard InChI is InChI=1S/C21H28N2O5/c1-4-16-13-19(24)28-18-12-14(2)11-17(20(16)18)27-15(3)21(25)22-5-6-23-7-9-26-10-8-23/h11-13,15H,4-10H2,1-3H3,(H,22,25)/p+1/t15-/m0/s1. The number of nitrogens with one attached hydrogen (secondary N) is 2. The van der Waals surface area contributed by atoms with Gasteiger partial charge in [0.2, 0.25) is 0 Å². The molecule has 152 valence electrons. The van der Waals surface area contributed by atoms with Crippen molar-refractivity contribution in [2.24, 2.45) is 0 Å². The first-order chi connectivity index (χ1) is 13.5. The van der Waals surface area contributed by atoms with Gasteiger partial charge in [0.15, 0.2) is 6.10 Å². The van der Waals surface area contributed by atoms with E-state index in [-0.39, 0.29) is 11.5 Å². The van der Waals surface area contributed by atoms with E-state index >= 15 is 0 Å². The maximum Gasteiger partial charge on any atom is 0.336 e. The first-order valence-corrected chi connectivity index (χ1v) is 9.91. The van der Waals surface area contributed by atoms with E-state index in [0.29, 0.717) is 24.3 Å². The zero-order chi connectivity index (χ0) is 20.1. The minimum absolute atomic E-state index is 0.155. The number of ether oxygens (including phenoxy) is 2. The summed E-state index contributed by atoms with van der Waals surface area (Å²) in [5.74, 6) is 0.412. The quantitative estimate of drug-likeness (QED) is 0.673. The summed E-state index contributed by atoms with van der Waals surface area (Å²) in [4.78, 5) is 25.7. The van der Waals surface area contributed by atoms with E-state index in [1.165, 1.54) is 11.0 Å². The van der Waals surface area contributed by atoms with Crippen molar-refractivity contribution < 1.29 is 23.6 Å². The number of benzene rings is 1. The Labute approximate surface area is 164 Å². The molecule has 0 bridgehead atoms. The summed E-state index contributed by atoms with van der Waals surface area (Å²) in [5, 5.41) is 3.71. The summed E-state index contributed by atoms with van der Waals surface area (Å²) < 4.78 is 16.7. The number of carbonyl (C=O) groups excluding carboxylic acids is 1. The lowest BCUT2D eigenvalue weighted by molar-refractivity contribution is -0.906. The number of amides is 1. The third-order valence-corrected chi connectivity index (χ3v) is 5.07. The SMILES string of the molecule is CCc1cc(=O)oc2cc(C)cc(O[C@@H](C)C(=O)NCC[NH+]3CCOCC3)c12. The molecule has 28 heavy (non-hydrogen) atoms. The van der Waals surface area contributed by atoms with E-state index in [4.69, 9.17) is 13.9 Å². The number of carbonyl (C=O) groups is 1. The third kappa shape index (κ3) is 4.91. The van der Waals surface area contributed by atoms with Gasteiger partial charge in [-0.3, -0.25) is 4.79 Å². The molecule has 0 unspecified atom stereocenters. The molecule has 2 heterocycles. The molecule has 7 heteroatoms. The van der Waals surface area contributed by atoms with E-state index < -0.39 is 6.10 Å². The van der Waals surface area contributed by atoms with Gasteiger partial charge >= 0.3 is 5.63 Å². The van der Waals surface area contributed by atoms with Crippen molar-refractivity contribution in [1.29, 1.82) is 0 Å². The van der Waals surface area contributed by atoms with Crippen LogP contribution in [-0.2, 0) is 16.0 Å². The Hall–Kier alpha value is -2.38. The summed E-state index contributed by atoms with van der Waals surface area (Å²) in [7, 11) is 0. The second kappa shape index (κ2) is 9.21. The van der Waals surface area contributed by atoms with E-state index in [0.717, 1.165) is 49.4 Å². The highest BCUT2D eigenvalue weighted by Gasteiger charge is 2.19. The maximum atomic E-state index is 12.5. The monoisotopic (exact) mass is 389 g/mol. The maximum absolute atomic E-state index is 12.5. The van der Waals surface area contributed by atoms with Crippen LogP contribution in [0.4, 0.5) is 0 Å². The fourth-order valence-corrected chi connectivity index (χ4v) is 3.50. The molecule has 7 nitrogen and oxygen atoms in total. The fourth-order valence-electron chi connectivity index (χ4n) is 3.50. The molecule has 1 fully saturated rings. The molecule has 1 atom stereocenters. The largest absolute Gasteiger partial charge is 0.480 e.